The van der Waals surface area contributed by atoms with Crippen molar-refractivity contribution in [3.8, 4) is 0 Å². The van der Waals surface area contributed by atoms with Crippen LogP contribution in [-0.4, -0.2) is 23.9 Å². The molecule has 1 aromatic heterocycles. The molecule has 1 aliphatic carbocycles. The average molecular weight is 357 g/mol. The monoisotopic (exact) mass is 357 g/mol. The molecule has 0 aliphatic heterocycles. The first-order valence-electron chi connectivity index (χ1n) is 7.99. The lowest BCUT2D eigenvalue weighted by Gasteiger charge is -2.14. The van der Waals surface area contributed by atoms with E-state index in [9.17, 15) is 4.79 Å². The quantitative estimate of drug-likeness (QED) is 0.498. The largest absolute Gasteiger partial charge is 0.463 e. The molecule has 0 spiro atoms. The summed E-state index contributed by atoms with van der Waals surface area (Å²) < 4.78 is 10.5. The topological polar surface area (TPSA) is 75.9 Å². The number of thiocarbonyl (C=S) groups is 1. The zero-order chi connectivity index (χ0) is 17.8. The number of hydrazone groups is 1. The van der Waals surface area contributed by atoms with Gasteiger partial charge in [0.2, 0.25) is 5.76 Å². The summed E-state index contributed by atoms with van der Waals surface area (Å²) in [6.45, 7) is 1.84. The van der Waals surface area contributed by atoms with Crippen molar-refractivity contribution in [2.45, 2.75) is 26.2 Å². The van der Waals surface area contributed by atoms with Crippen molar-refractivity contribution in [1.29, 1.82) is 0 Å². The van der Waals surface area contributed by atoms with E-state index < -0.39 is 5.97 Å². The van der Waals surface area contributed by atoms with Crippen LogP contribution in [0.25, 0.3) is 0 Å². The van der Waals surface area contributed by atoms with Crippen LogP contribution in [0.15, 0.2) is 39.9 Å². The van der Waals surface area contributed by atoms with Gasteiger partial charge in [-0.15, -0.1) is 0 Å². The summed E-state index contributed by atoms with van der Waals surface area (Å²) in [4.78, 5) is 11.8. The number of aryl methyl sites for hydroxylation is 1. The Morgan fingerprint density at radius 2 is 2.04 bits per heavy atom. The lowest BCUT2D eigenvalue weighted by atomic mass is 9.93. The maximum absolute atomic E-state index is 11.8. The van der Waals surface area contributed by atoms with E-state index in [1.54, 1.807) is 0 Å². The predicted octanol–water partition coefficient (Wildman–Crippen LogP) is 3.40. The van der Waals surface area contributed by atoms with Gasteiger partial charge in [-0.1, -0.05) is 18.2 Å². The van der Waals surface area contributed by atoms with Gasteiger partial charge in [0.15, 0.2) is 5.11 Å². The molecule has 0 unspecified atom stereocenters. The normalized spacial score (nSPS) is 14.7. The molecular weight excluding hydrogens is 338 g/mol. The number of furan rings is 1. The first-order valence-corrected chi connectivity index (χ1v) is 8.40. The first kappa shape index (κ1) is 17.2. The van der Waals surface area contributed by atoms with Crippen LogP contribution < -0.4 is 10.7 Å². The number of hydrogen-bond acceptors (Lipinski definition) is 5. The highest BCUT2D eigenvalue weighted by atomic mass is 32.1. The maximum Gasteiger partial charge on any atom is 0.374 e. The van der Waals surface area contributed by atoms with Crippen molar-refractivity contribution in [2.24, 2.45) is 5.10 Å². The highest BCUT2D eigenvalue weighted by molar-refractivity contribution is 7.80. The van der Waals surface area contributed by atoms with Gasteiger partial charge < -0.3 is 14.5 Å². The first-order chi connectivity index (χ1) is 12.1. The van der Waals surface area contributed by atoms with Gasteiger partial charge in [0.25, 0.3) is 0 Å². The third-order valence-electron chi connectivity index (χ3n) is 4.02. The molecule has 0 atom stereocenters. The highest BCUT2D eigenvalue weighted by Gasteiger charge is 2.28. The standard InChI is InChI=1S/C18H19N3O3S/c1-11-15-13(9-6-10-14(15)24-16(11)17(22)23-2)20-21-18(25)19-12-7-4-3-5-8-12/h3-5,7-8H,6,9-10H2,1-2H3,(H2,19,21,25)/b20-13+. The maximum atomic E-state index is 11.8. The van der Waals surface area contributed by atoms with E-state index in [0.717, 1.165) is 47.5 Å². The van der Waals surface area contributed by atoms with Crippen LogP contribution in [0.3, 0.4) is 0 Å². The summed E-state index contributed by atoms with van der Waals surface area (Å²) in [5, 5.41) is 7.90. The number of hydrogen-bond donors (Lipinski definition) is 2. The molecule has 0 radical (unpaired) electrons. The van der Waals surface area contributed by atoms with Crippen molar-refractivity contribution in [3.63, 3.8) is 0 Å². The number of ether oxygens (including phenoxy) is 1. The fourth-order valence-electron chi connectivity index (χ4n) is 2.87. The molecular formula is C18H19N3O3S. The summed E-state index contributed by atoms with van der Waals surface area (Å²) in [5.74, 6) is 0.541. The number of fused-ring (bicyclic) bond motifs is 1. The number of benzene rings is 1. The SMILES string of the molecule is COC(=O)c1oc2c(c1C)/C(=N/NC(=S)Nc1ccccc1)CCC2. The highest BCUT2D eigenvalue weighted by Crippen LogP contribution is 2.30. The van der Waals surface area contributed by atoms with Gasteiger partial charge in [0, 0.05) is 23.2 Å². The molecule has 3 rings (SSSR count). The summed E-state index contributed by atoms with van der Waals surface area (Å²) in [6, 6.07) is 9.62. The summed E-state index contributed by atoms with van der Waals surface area (Å²) in [7, 11) is 1.34. The zero-order valence-corrected chi connectivity index (χ0v) is 14.9. The molecule has 0 saturated heterocycles. The van der Waals surface area contributed by atoms with E-state index in [-0.39, 0.29) is 5.76 Å². The third-order valence-corrected chi connectivity index (χ3v) is 4.21. The second kappa shape index (κ2) is 7.48. The van der Waals surface area contributed by atoms with Crippen molar-refractivity contribution in [1.82, 2.24) is 5.43 Å². The van der Waals surface area contributed by atoms with Crippen LogP contribution in [0.1, 0.15) is 40.3 Å². The van der Waals surface area contributed by atoms with Crippen molar-refractivity contribution in [3.05, 3.63) is 53.0 Å². The molecule has 1 heterocycles. The van der Waals surface area contributed by atoms with E-state index in [2.05, 4.69) is 15.8 Å². The molecule has 0 bridgehead atoms. The van der Waals surface area contributed by atoms with Crippen LogP contribution in [0.4, 0.5) is 5.69 Å². The Balaban J connectivity index is 1.78. The number of carbonyl (C=O) groups is 1. The number of carbonyl (C=O) groups excluding carboxylic acids is 1. The van der Waals surface area contributed by atoms with Crippen LogP contribution in [-0.2, 0) is 11.2 Å². The number of nitrogens with one attached hydrogen (secondary N) is 2. The van der Waals surface area contributed by atoms with E-state index in [1.165, 1.54) is 7.11 Å². The van der Waals surface area contributed by atoms with E-state index in [4.69, 9.17) is 21.4 Å². The number of esters is 1. The molecule has 2 aromatic rings. The minimum absolute atomic E-state index is 0.243. The van der Waals surface area contributed by atoms with Gasteiger partial charge in [0.05, 0.1) is 12.8 Å². The molecule has 1 aliphatic rings. The fraction of sp³-hybridized carbons (Fsp3) is 0.278. The van der Waals surface area contributed by atoms with Crippen LogP contribution in [0.5, 0.6) is 0 Å². The summed E-state index contributed by atoms with van der Waals surface area (Å²) in [6.07, 6.45) is 2.47. The number of para-hydroxylation sites is 1. The Labute approximate surface area is 151 Å². The number of methoxy groups -OCH3 is 1. The van der Waals surface area contributed by atoms with Gasteiger partial charge in [-0.3, -0.25) is 5.43 Å². The molecule has 0 saturated carbocycles. The van der Waals surface area contributed by atoms with Crippen molar-refractivity contribution < 1.29 is 13.9 Å². The zero-order valence-electron chi connectivity index (χ0n) is 14.1. The minimum atomic E-state index is -0.472. The molecule has 0 amide bonds. The minimum Gasteiger partial charge on any atom is -0.463 e. The Morgan fingerprint density at radius 3 is 2.76 bits per heavy atom. The Morgan fingerprint density at radius 1 is 1.28 bits per heavy atom. The van der Waals surface area contributed by atoms with Gasteiger partial charge >= 0.3 is 5.97 Å². The van der Waals surface area contributed by atoms with E-state index in [0.29, 0.717) is 5.11 Å². The molecule has 7 heteroatoms. The Kier molecular flexibility index (Phi) is 5.14. The van der Waals surface area contributed by atoms with Gasteiger partial charge in [-0.05, 0) is 44.1 Å². The average Bonchev–Trinajstić information content (AvgIpc) is 2.97. The van der Waals surface area contributed by atoms with Crippen LogP contribution in [0.2, 0.25) is 0 Å². The van der Waals surface area contributed by atoms with E-state index >= 15 is 0 Å². The van der Waals surface area contributed by atoms with Gasteiger partial charge in [0.1, 0.15) is 5.76 Å². The molecule has 0 fully saturated rings. The van der Waals surface area contributed by atoms with Crippen LogP contribution >= 0.6 is 12.2 Å². The number of anilines is 1. The lowest BCUT2D eigenvalue weighted by Crippen LogP contribution is -2.26. The smallest absolute Gasteiger partial charge is 0.374 e. The van der Waals surface area contributed by atoms with Crippen molar-refractivity contribution in [2.75, 3.05) is 12.4 Å². The second-order valence-electron chi connectivity index (χ2n) is 5.69. The van der Waals surface area contributed by atoms with E-state index in [1.807, 2.05) is 37.3 Å². The van der Waals surface area contributed by atoms with Crippen LogP contribution in [0, 0.1) is 6.92 Å². The Hall–Kier alpha value is -2.67. The van der Waals surface area contributed by atoms with Gasteiger partial charge in [-0.2, -0.15) is 5.10 Å². The molecule has 2 N–H and O–H groups in total. The second-order valence-corrected chi connectivity index (χ2v) is 6.10. The summed E-state index contributed by atoms with van der Waals surface area (Å²) in [5.41, 5.74) is 6.22. The lowest BCUT2D eigenvalue weighted by molar-refractivity contribution is 0.0562. The van der Waals surface area contributed by atoms with Crippen molar-refractivity contribution >= 4 is 34.7 Å². The molecule has 6 nitrogen and oxygen atoms in total. The molecule has 130 valence electrons. The number of rotatable bonds is 3. The Bertz CT molecular complexity index is 828. The predicted molar refractivity (Wildman–Crippen MR) is 100 cm³/mol. The molecule has 25 heavy (non-hydrogen) atoms. The summed E-state index contributed by atoms with van der Waals surface area (Å²) >= 11 is 5.27. The number of nitrogens with zero attached hydrogens (tertiary/aromatic N) is 1. The van der Waals surface area contributed by atoms with Gasteiger partial charge in [-0.25, -0.2) is 4.79 Å². The fourth-order valence-corrected chi connectivity index (χ4v) is 3.03. The third kappa shape index (κ3) is 3.71. The molecule has 1 aromatic carbocycles.